The molecule has 0 aliphatic heterocycles. The van der Waals surface area contributed by atoms with Gasteiger partial charge in [0.05, 0.1) is 24.6 Å². The summed E-state index contributed by atoms with van der Waals surface area (Å²) in [5, 5.41) is 8.69. The van der Waals surface area contributed by atoms with E-state index in [1.165, 1.54) is 12.1 Å². The molecule has 0 spiro atoms. The van der Waals surface area contributed by atoms with Crippen LogP contribution in [0.25, 0.3) is 4.85 Å². The normalized spacial score (nSPS) is 9.43. The summed E-state index contributed by atoms with van der Waals surface area (Å²) < 4.78 is 0. The van der Waals surface area contributed by atoms with Gasteiger partial charge in [0.25, 0.3) is 0 Å². The van der Waals surface area contributed by atoms with E-state index < -0.39 is 0 Å². The van der Waals surface area contributed by atoms with E-state index in [-0.39, 0.29) is 18.0 Å². The molecule has 0 saturated carbocycles. The van der Waals surface area contributed by atoms with Crippen molar-refractivity contribution < 1.29 is 9.59 Å². The number of nitrogens with zero attached hydrogens (tertiary/aromatic N) is 2. The summed E-state index contributed by atoms with van der Waals surface area (Å²) in [6, 6.07) is 14.3. The van der Waals surface area contributed by atoms with E-state index in [9.17, 15) is 9.59 Å². The largest absolute Gasteiger partial charge is 0.294 e. The minimum atomic E-state index is -0.293. The number of hydrogen-bond acceptors (Lipinski definition) is 3. The maximum atomic E-state index is 12.0. The maximum absolute atomic E-state index is 12.0. The van der Waals surface area contributed by atoms with Gasteiger partial charge in [0, 0.05) is 11.1 Å². The lowest BCUT2D eigenvalue weighted by Crippen LogP contribution is -2.08. The van der Waals surface area contributed by atoms with Crippen LogP contribution < -0.4 is 0 Å². The lowest BCUT2D eigenvalue weighted by Gasteiger charge is -2.02. The van der Waals surface area contributed by atoms with E-state index in [4.69, 9.17) is 11.8 Å². The Balaban J connectivity index is 2.09. The summed E-state index contributed by atoms with van der Waals surface area (Å²) in [4.78, 5) is 27.2. The van der Waals surface area contributed by atoms with Crippen molar-refractivity contribution in [2.24, 2.45) is 0 Å². The Morgan fingerprint density at radius 2 is 1.43 bits per heavy atom. The zero-order valence-electron chi connectivity index (χ0n) is 11.0. The monoisotopic (exact) mass is 274 g/mol. The molecule has 2 rings (SSSR count). The van der Waals surface area contributed by atoms with Crippen molar-refractivity contribution in [1.29, 1.82) is 5.26 Å². The predicted octanol–water partition coefficient (Wildman–Crippen LogP) is 3.56. The number of carbonyl (C=O) groups is 2. The molecule has 100 valence electrons. The van der Waals surface area contributed by atoms with Crippen LogP contribution in [-0.4, -0.2) is 11.6 Å². The molecule has 0 amide bonds. The van der Waals surface area contributed by atoms with Crippen LogP contribution in [0.4, 0.5) is 5.69 Å². The molecule has 0 aromatic heterocycles. The highest BCUT2D eigenvalue weighted by atomic mass is 16.1. The molecular formula is C17H10N2O2. The highest BCUT2D eigenvalue weighted by Crippen LogP contribution is 2.15. The molecule has 21 heavy (non-hydrogen) atoms. The average molecular weight is 274 g/mol. The molecule has 0 unspecified atom stereocenters. The van der Waals surface area contributed by atoms with Gasteiger partial charge in [0.2, 0.25) is 0 Å². The first-order valence-electron chi connectivity index (χ1n) is 6.18. The van der Waals surface area contributed by atoms with E-state index >= 15 is 0 Å². The molecule has 0 fully saturated rings. The Kier molecular flexibility index (Phi) is 4.23. The zero-order valence-corrected chi connectivity index (χ0v) is 11.0. The van der Waals surface area contributed by atoms with Gasteiger partial charge in [0.15, 0.2) is 17.3 Å². The number of ketones is 2. The number of Topliss-reactive ketones (excluding diaryl/α,β-unsaturated/α-hetero) is 2. The topological polar surface area (TPSA) is 62.3 Å². The molecule has 0 radical (unpaired) electrons. The number of carbonyl (C=O) groups excluding carboxylic acids is 2. The van der Waals surface area contributed by atoms with Crippen LogP contribution in [0.15, 0.2) is 48.5 Å². The fourth-order valence-corrected chi connectivity index (χ4v) is 1.80. The fourth-order valence-electron chi connectivity index (χ4n) is 1.80. The van der Waals surface area contributed by atoms with Gasteiger partial charge in [-0.15, -0.1) is 0 Å². The maximum Gasteiger partial charge on any atom is 0.187 e. The summed E-state index contributed by atoms with van der Waals surface area (Å²) in [5.74, 6) is -0.584. The van der Waals surface area contributed by atoms with Crippen molar-refractivity contribution in [3.05, 3.63) is 76.6 Å². The Morgan fingerprint density at radius 1 is 0.952 bits per heavy atom. The van der Waals surface area contributed by atoms with Crippen molar-refractivity contribution >= 4 is 17.3 Å². The number of rotatable bonds is 4. The smallest absolute Gasteiger partial charge is 0.187 e. The second-order valence-corrected chi connectivity index (χ2v) is 4.37. The summed E-state index contributed by atoms with van der Waals surface area (Å²) >= 11 is 0. The van der Waals surface area contributed by atoms with Crippen molar-refractivity contribution in [3.8, 4) is 6.07 Å². The first-order chi connectivity index (χ1) is 10.1. The standard InChI is InChI=1S/C17H10N2O2/c1-19-15-8-6-14(7-9-15)17(21)10-16(20)13-4-2-12(11-18)3-5-13/h2-9H,10H2. The van der Waals surface area contributed by atoms with Gasteiger partial charge in [-0.3, -0.25) is 9.59 Å². The van der Waals surface area contributed by atoms with Crippen LogP contribution in [-0.2, 0) is 0 Å². The van der Waals surface area contributed by atoms with Gasteiger partial charge >= 0.3 is 0 Å². The summed E-state index contributed by atoms with van der Waals surface area (Å²) in [6.07, 6.45) is -0.233. The molecule has 4 heteroatoms. The quantitative estimate of drug-likeness (QED) is 0.486. The molecule has 0 bridgehead atoms. The predicted molar refractivity (Wildman–Crippen MR) is 77.1 cm³/mol. The van der Waals surface area contributed by atoms with Crippen LogP contribution in [0, 0.1) is 17.9 Å². The summed E-state index contributed by atoms with van der Waals surface area (Å²) in [7, 11) is 0. The molecular weight excluding hydrogens is 264 g/mol. The SMILES string of the molecule is [C-]#[N+]c1ccc(C(=O)CC(=O)c2ccc(C#N)cc2)cc1. The van der Waals surface area contributed by atoms with Crippen molar-refractivity contribution in [3.63, 3.8) is 0 Å². The first-order valence-corrected chi connectivity index (χ1v) is 6.18. The van der Waals surface area contributed by atoms with Crippen LogP contribution >= 0.6 is 0 Å². The average Bonchev–Trinajstić information content (AvgIpc) is 2.55. The summed E-state index contributed by atoms with van der Waals surface area (Å²) in [6.45, 7) is 6.84. The Hall–Kier alpha value is -3.24. The van der Waals surface area contributed by atoms with E-state index in [0.29, 0.717) is 22.4 Å². The van der Waals surface area contributed by atoms with E-state index in [0.717, 1.165) is 0 Å². The van der Waals surface area contributed by atoms with Crippen molar-refractivity contribution in [2.75, 3.05) is 0 Å². The van der Waals surface area contributed by atoms with Gasteiger partial charge in [0.1, 0.15) is 0 Å². The Bertz CT molecular complexity index is 693. The van der Waals surface area contributed by atoms with Gasteiger partial charge in [-0.25, -0.2) is 4.85 Å². The van der Waals surface area contributed by atoms with Crippen LogP contribution in [0.1, 0.15) is 32.7 Å². The second-order valence-electron chi connectivity index (χ2n) is 4.37. The third-order valence-electron chi connectivity index (χ3n) is 2.98. The fraction of sp³-hybridized carbons (Fsp3) is 0.0588. The lowest BCUT2D eigenvalue weighted by molar-refractivity contribution is 0.0894. The minimum Gasteiger partial charge on any atom is -0.294 e. The molecule has 0 aliphatic rings. The van der Waals surface area contributed by atoms with E-state index in [1.54, 1.807) is 36.4 Å². The third kappa shape index (κ3) is 3.40. The van der Waals surface area contributed by atoms with E-state index in [2.05, 4.69) is 4.85 Å². The van der Waals surface area contributed by atoms with Crippen LogP contribution in [0.5, 0.6) is 0 Å². The molecule has 0 aliphatic carbocycles. The van der Waals surface area contributed by atoms with Crippen LogP contribution in [0.3, 0.4) is 0 Å². The molecule has 4 nitrogen and oxygen atoms in total. The number of benzene rings is 2. The minimum absolute atomic E-state index is 0.233. The van der Waals surface area contributed by atoms with Crippen molar-refractivity contribution in [1.82, 2.24) is 0 Å². The zero-order chi connectivity index (χ0) is 15.2. The van der Waals surface area contributed by atoms with E-state index in [1.807, 2.05) is 6.07 Å². The lowest BCUT2D eigenvalue weighted by atomic mass is 10.0. The molecule has 2 aromatic carbocycles. The summed E-state index contributed by atoms with van der Waals surface area (Å²) in [5.41, 5.74) is 1.72. The Morgan fingerprint density at radius 3 is 1.86 bits per heavy atom. The number of nitriles is 1. The van der Waals surface area contributed by atoms with Gasteiger partial charge in [-0.2, -0.15) is 5.26 Å². The molecule has 0 heterocycles. The van der Waals surface area contributed by atoms with Gasteiger partial charge < -0.3 is 0 Å². The highest BCUT2D eigenvalue weighted by molar-refractivity contribution is 6.13. The highest BCUT2D eigenvalue weighted by Gasteiger charge is 2.13. The van der Waals surface area contributed by atoms with Gasteiger partial charge in [-0.1, -0.05) is 36.4 Å². The van der Waals surface area contributed by atoms with Crippen LogP contribution in [0.2, 0.25) is 0 Å². The first kappa shape index (κ1) is 14.2. The molecule has 0 atom stereocenters. The number of hydrogen-bond donors (Lipinski definition) is 0. The second kappa shape index (κ2) is 6.27. The van der Waals surface area contributed by atoms with Crippen molar-refractivity contribution in [2.45, 2.75) is 6.42 Å². The third-order valence-corrected chi connectivity index (χ3v) is 2.98. The Labute approximate surface area is 122 Å². The van der Waals surface area contributed by atoms with Gasteiger partial charge in [-0.05, 0) is 12.1 Å². The molecule has 0 saturated heterocycles. The molecule has 2 aromatic rings. The molecule has 0 N–H and O–H groups in total.